The molecule has 0 spiro atoms. The minimum atomic E-state index is 0.186. The van der Waals surface area contributed by atoms with E-state index >= 15 is 0 Å². The number of ketones is 1. The zero-order valence-electron chi connectivity index (χ0n) is 15.4. The average molecular weight is 295 g/mol. The molecule has 0 aromatic carbocycles. The second-order valence-corrected chi connectivity index (χ2v) is 7.53. The van der Waals surface area contributed by atoms with Crippen LogP contribution >= 0.6 is 0 Å². The lowest BCUT2D eigenvalue weighted by Crippen LogP contribution is -2.05. The van der Waals surface area contributed by atoms with E-state index in [1.165, 1.54) is 44.1 Å². The van der Waals surface area contributed by atoms with Gasteiger partial charge < -0.3 is 0 Å². The van der Waals surface area contributed by atoms with Crippen molar-refractivity contribution in [2.24, 2.45) is 17.8 Å². The van der Waals surface area contributed by atoms with Crippen LogP contribution < -0.4 is 0 Å². The molecule has 0 aromatic heterocycles. The minimum Gasteiger partial charge on any atom is -0.299 e. The van der Waals surface area contributed by atoms with Gasteiger partial charge in [0.2, 0.25) is 0 Å². The van der Waals surface area contributed by atoms with E-state index in [9.17, 15) is 4.79 Å². The van der Waals surface area contributed by atoms with Gasteiger partial charge in [-0.1, -0.05) is 72.0 Å². The van der Waals surface area contributed by atoms with Crippen LogP contribution in [0.15, 0.2) is 11.6 Å². The lowest BCUT2D eigenvalue weighted by molar-refractivity contribution is -0.121. The Morgan fingerprint density at radius 1 is 0.905 bits per heavy atom. The predicted molar refractivity (Wildman–Crippen MR) is 94.5 cm³/mol. The molecule has 0 aliphatic heterocycles. The van der Waals surface area contributed by atoms with Crippen LogP contribution in [-0.2, 0) is 4.79 Å². The monoisotopic (exact) mass is 294 g/mol. The van der Waals surface area contributed by atoms with Gasteiger partial charge >= 0.3 is 0 Å². The highest BCUT2D eigenvalue weighted by Gasteiger charge is 2.06. The highest BCUT2D eigenvalue weighted by atomic mass is 16.1. The van der Waals surface area contributed by atoms with Crippen LogP contribution in [0.1, 0.15) is 92.9 Å². The summed E-state index contributed by atoms with van der Waals surface area (Å²) in [6.45, 7) is 13.2. The Balaban J connectivity index is 3.68. The third-order valence-electron chi connectivity index (χ3n) is 4.27. The number of hydrogen-bond acceptors (Lipinski definition) is 1. The van der Waals surface area contributed by atoms with E-state index in [2.05, 4.69) is 33.8 Å². The summed E-state index contributed by atoms with van der Waals surface area (Å²) in [4.78, 5) is 11.5. The standard InChI is InChI=1S/C20H38O/c1-16(2)10-7-11-18(5)12-8-13-19(6)14-9-15-20(21)17(3)4/h14,16-18H,7-13,15H2,1-6H3. The number of allylic oxidation sites excluding steroid dienone is 2. The Bertz CT molecular complexity index is 299. The molecular weight excluding hydrogens is 256 g/mol. The predicted octanol–water partition coefficient (Wildman–Crippen LogP) is 6.57. The lowest BCUT2D eigenvalue weighted by Gasteiger charge is -2.12. The topological polar surface area (TPSA) is 17.1 Å². The molecule has 0 heterocycles. The molecule has 0 aromatic rings. The summed E-state index contributed by atoms with van der Waals surface area (Å²) in [5.41, 5.74) is 1.46. The molecule has 1 atom stereocenters. The van der Waals surface area contributed by atoms with E-state index in [0.29, 0.717) is 12.2 Å². The lowest BCUT2D eigenvalue weighted by atomic mass is 9.94. The molecule has 0 radical (unpaired) electrons. The van der Waals surface area contributed by atoms with Crippen LogP contribution in [0.25, 0.3) is 0 Å². The largest absolute Gasteiger partial charge is 0.299 e. The van der Waals surface area contributed by atoms with Crippen LogP contribution in [0, 0.1) is 17.8 Å². The van der Waals surface area contributed by atoms with Crippen molar-refractivity contribution in [3.05, 3.63) is 11.6 Å². The normalized spacial score (nSPS) is 14.0. The quantitative estimate of drug-likeness (QED) is 0.372. The molecule has 1 unspecified atom stereocenters. The van der Waals surface area contributed by atoms with Crippen LogP contribution in [-0.4, -0.2) is 5.78 Å². The number of hydrogen-bond donors (Lipinski definition) is 0. The van der Waals surface area contributed by atoms with Crippen LogP contribution in [0.5, 0.6) is 0 Å². The molecular formula is C20H38O. The van der Waals surface area contributed by atoms with Gasteiger partial charge in [0.05, 0.1) is 0 Å². The molecule has 0 bridgehead atoms. The Kier molecular flexibility index (Phi) is 11.7. The first-order valence-electron chi connectivity index (χ1n) is 9.01. The van der Waals surface area contributed by atoms with Crippen molar-refractivity contribution in [1.82, 2.24) is 0 Å². The number of Topliss-reactive ketones (excluding diaryl/α,β-unsaturated/α-hetero) is 1. The summed E-state index contributed by atoms with van der Waals surface area (Å²) in [5.74, 6) is 2.28. The summed E-state index contributed by atoms with van der Waals surface area (Å²) >= 11 is 0. The molecule has 1 heteroatoms. The zero-order chi connectivity index (χ0) is 16.3. The fourth-order valence-electron chi connectivity index (χ4n) is 2.60. The number of rotatable bonds is 12. The van der Waals surface area contributed by atoms with E-state index in [4.69, 9.17) is 0 Å². The summed E-state index contributed by atoms with van der Waals surface area (Å²) in [7, 11) is 0. The number of carbonyl (C=O) groups excluding carboxylic acids is 1. The van der Waals surface area contributed by atoms with Crippen molar-refractivity contribution in [1.29, 1.82) is 0 Å². The highest BCUT2D eigenvalue weighted by molar-refractivity contribution is 5.80. The molecule has 0 saturated heterocycles. The van der Waals surface area contributed by atoms with Gasteiger partial charge in [-0.3, -0.25) is 4.79 Å². The summed E-state index contributed by atoms with van der Waals surface area (Å²) in [6, 6.07) is 0. The van der Waals surface area contributed by atoms with Crippen molar-refractivity contribution >= 4 is 5.78 Å². The van der Waals surface area contributed by atoms with Gasteiger partial charge in [-0.25, -0.2) is 0 Å². The fourth-order valence-corrected chi connectivity index (χ4v) is 2.60. The van der Waals surface area contributed by atoms with Gasteiger partial charge in [-0.05, 0) is 38.0 Å². The van der Waals surface area contributed by atoms with Gasteiger partial charge in [0.1, 0.15) is 5.78 Å². The van der Waals surface area contributed by atoms with Gasteiger partial charge in [0.25, 0.3) is 0 Å². The van der Waals surface area contributed by atoms with Crippen molar-refractivity contribution in [2.45, 2.75) is 92.9 Å². The van der Waals surface area contributed by atoms with Crippen LogP contribution in [0.3, 0.4) is 0 Å². The van der Waals surface area contributed by atoms with E-state index in [1.54, 1.807) is 0 Å². The van der Waals surface area contributed by atoms with Crippen LogP contribution in [0.2, 0.25) is 0 Å². The third kappa shape index (κ3) is 12.8. The van der Waals surface area contributed by atoms with Crippen molar-refractivity contribution in [3.8, 4) is 0 Å². The van der Waals surface area contributed by atoms with Crippen LogP contribution in [0.4, 0.5) is 0 Å². The molecule has 0 saturated carbocycles. The molecule has 124 valence electrons. The zero-order valence-corrected chi connectivity index (χ0v) is 15.4. The molecule has 0 fully saturated rings. The number of carbonyl (C=O) groups is 1. The molecule has 21 heavy (non-hydrogen) atoms. The van der Waals surface area contributed by atoms with Gasteiger partial charge in [-0.2, -0.15) is 0 Å². The van der Waals surface area contributed by atoms with Gasteiger partial charge in [-0.15, -0.1) is 0 Å². The Morgan fingerprint density at radius 2 is 1.52 bits per heavy atom. The first-order valence-corrected chi connectivity index (χ1v) is 9.01. The van der Waals surface area contributed by atoms with Crippen molar-refractivity contribution in [3.63, 3.8) is 0 Å². The Morgan fingerprint density at radius 3 is 2.10 bits per heavy atom. The van der Waals surface area contributed by atoms with Gasteiger partial charge in [0.15, 0.2) is 0 Å². The molecule has 0 aliphatic carbocycles. The molecule has 0 rings (SSSR count). The Hall–Kier alpha value is -0.590. The summed E-state index contributed by atoms with van der Waals surface area (Å²) in [5, 5.41) is 0. The van der Waals surface area contributed by atoms with Crippen molar-refractivity contribution < 1.29 is 4.79 Å². The summed E-state index contributed by atoms with van der Waals surface area (Å²) < 4.78 is 0. The first-order chi connectivity index (χ1) is 9.82. The van der Waals surface area contributed by atoms with Crippen molar-refractivity contribution in [2.75, 3.05) is 0 Å². The second-order valence-electron chi connectivity index (χ2n) is 7.53. The SMILES string of the molecule is CC(=CCCC(=O)C(C)C)CCCC(C)CCCC(C)C. The fraction of sp³-hybridized carbons (Fsp3) is 0.850. The maximum Gasteiger partial charge on any atom is 0.135 e. The first kappa shape index (κ1) is 20.4. The maximum atomic E-state index is 11.5. The van der Waals surface area contributed by atoms with Gasteiger partial charge in [0, 0.05) is 12.3 Å². The van der Waals surface area contributed by atoms with E-state index < -0.39 is 0 Å². The molecule has 1 nitrogen and oxygen atoms in total. The smallest absolute Gasteiger partial charge is 0.135 e. The average Bonchev–Trinajstić information content (AvgIpc) is 2.37. The van der Waals surface area contributed by atoms with E-state index in [0.717, 1.165) is 18.3 Å². The highest BCUT2D eigenvalue weighted by Crippen LogP contribution is 2.19. The Labute approximate surface area is 133 Å². The third-order valence-corrected chi connectivity index (χ3v) is 4.27. The molecule has 0 N–H and O–H groups in total. The summed E-state index contributed by atoms with van der Waals surface area (Å²) in [6.07, 6.45) is 11.9. The molecule has 0 aliphatic rings. The second kappa shape index (κ2) is 12.0. The van der Waals surface area contributed by atoms with E-state index in [-0.39, 0.29) is 5.92 Å². The van der Waals surface area contributed by atoms with E-state index in [1.807, 2.05) is 13.8 Å². The minimum absolute atomic E-state index is 0.186. The maximum absolute atomic E-state index is 11.5. The molecule has 0 amide bonds.